The number of piperidine rings is 1. The van der Waals surface area contributed by atoms with E-state index in [0.29, 0.717) is 5.41 Å². The van der Waals surface area contributed by atoms with Crippen LogP contribution in [-0.2, 0) is 4.74 Å². The van der Waals surface area contributed by atoms with Crippen molar-refractivity contribution in [1.82, 2.24) is 10.6 Å². The van der Waals surface area contributed by atoms with Crippen LogP contribution in [0.25, 0.3) is 0 Å². The largest absolute Gasteiger partial charge is 0.366 e. The highest BCUT2D eigenvalue weighted by Crippen LogP contribution is 2.29. The molecule has 0 unspecified atom stereocenters. The van der Waals surface area contributed by atoms with Gasteiger partial charge in [-0.1, -0.05) is 0 Å². The highest BCUT2D eigenvalue weighted by molar-refractivity contribution is 4.87. The van der Waals surface area contributed by atoms with Crippen molar-refractivity contribution in [3.63, 3.8) is 0 Å². The molecule has 64 valence electrons. The normalized spacial score (nSPS) is 30.5. The summed E-state index contributed by atoms with van der Waals surface area (Å²) in [6.07, 6.45) is 2.53. The van der Waals surface area contributed by atoms with E-state index >= 15 is 0 Å². The first kappa shape index (κ1) is 7.53. The molecule has 2 aliphatic heterocycles. The Morgan fingerprint density at radius 3 is 2.55 bits per heavy atom. The molecule has 0 atom stereocenters. The maximum absolute atomic E-state index is 5.42. The summed E-state index contributed by atoms with van der Waals surface area (Å²) in [5.41, 5.74) is 0.462. The van der Waals surface area contributed by atoms with Crippen LogP contribution in [0.15, 0.2) is 0 Å². The standard InChI is InChI=1S/C8H16N2O/c1-3-9-4-2-8(1)5-10-7-11-6-8/h9-10H,1-7H2. The number of ether oxygens (including phenoxy) is 1. The molecular formula is C8H16N2O. The summed E-state index contributed by atoms with van der Waals surface area (Å²) in [6.45, 7) is 5.17. The van der Waals surface area contributed by atoms with Crippen LogP contribution in [0.4, 0.5) is 0 Å². The summed E-state index contributed by atoms with van der Waals surface area (Å²) in [5, 5.41) is 6.67. The Kier molecular flexibility index (Phi) is 2.11. The smallest absolute Gasteiger partial charge is 0.0965 e. The molecule has 2 aliphatic rings. The van der Waals surface area contributed by atoms with Gasteiger partial charge in [0.05, 0.1) is 13.3 Å². The molecule has 2 rings (SSSR count). The first-order chi connectivity index (χ1) is 5.41. The molecule has 0 aromatic carbocycles. The molecule has 3 heteroatoms. The Labute approximate surface area is 67.5 Å². The van der Waals surface area contributed by atoms with Crippen LogP contribution in [0.2, 0.25) is 0 Å². The Hall–Kier alpha value is -0.120. The second kappa shape index (κ2) is 3.09. The fourth-order valence-corrected chi connectivity index (χ4v) is 1.99. The van der Waals surface area contributed by atoms with Gasteiger partial charge in [-0.25, -0.2) is 0 Å². The van der Waals surface area contributed by atoms with Gasteiger partial charge >= 0.3 is 0 Å². The van der Waals surface area contributed by atoms with Crippen LogP contribution in [0, 0.1) is 5.41 Å². The van der Waals surface area contributed by atoms with Crippen molar-refractivity contribution in [3.8, 4) is 0 Å². The minimum Gasteiger partial charge on any atom is -0.366 e. The zero-order valence-corrected chi connectivity index (χ0v) is 6.86. The fraction of sp³-hybridized carbons (Fsp3) is 1.00. The summed E-state index contributed by atoms with van der Waals surface area (Å²) in [4.78, 5) is 0. The fourth-order valence-electron chi connectivity index (χ4n) is 1.99. The molecule has 11 heavy (non-hydrogen) atoms. The predicted octanol–water partition coefficient (Wildman–Crippen LogP) is -0.0665. The number of hydrogen-bond donors (Lipinski definition) is 2. The third kappa shape index (κ3) is 1.55. The maximum atomic E-state index is 5.42. The summed E-state index contributed by atoms with van der Waals surface area (Å²) in [7, 11) is 0. The maximum Gasteiger partial charge on any atom is 0.0965 e. The van der Waals surface area contributed by atoms with E-state index in [1.54, 1.807) is 0 Å². The van der Waals surface area contributed by atoms with Crippen LogP contribution >= 0.6 is 0 Å². The van der Waals surface area contributed by atoms with Crippen molar-refractivity contribution >= 4 is 0 Å². The summed E-state index contributed by atoms with van der Waals surface area (Å²) in [6, 6.07) is 0. The van der Waals surface area contributed by atoms with Crippen molar-refractivity contribution in [3.05, 3.63) is 0 Å². The molecule has 0 bridgehead atoms. The molecule has 2 N–H and O–H groups in total. The third-order valence-corrected chi connectivity index (χ3v) is 2.78. The second-order valence-electron chi connectivity index (χ2n) is 3.67. The van der Waals surface area contributed by atoms with E-state index in [1.165, 1.54) is 12.8 Å². The first-order valence-electron chi connectivity index (χ1n) is 4.41. The first-order valence-corrected chi connectivity index (χ1v) is 4.41. The van der Waals surface area contributed by atoms with Gasteiger partial charge in [-0.05, 0) is 25.9 Å². The molecule has 0 amide bonds. The molecule has 1 spiro atoms. The van der Waals surface area contributed by atoms with Crippen LogP contribution in [0.5, 0.6) is 0 Å². The van der Waals surface area contributed by atoms with E-state index in [-0.39, 0.29) is 0 Å². The average Bonchev–Trinajstić information content (AvgIpc) is 2.07. The van der Waals surface area contributed by atoms with Gasteiger partial charge in [-0.3, -0.25) is 5.32 Å². The quantitative estimate of drug-likeness (QED) is 0.515. The van der Waals surface area contributed by atoms with Crippen LogP contribution < -0.4 is 10.6 Å². The van der Waals surface area contributed by atoms with E-state index in [1.807, 2.05) is 0 Å². The van der Waals surface area contributed by atoms with Crippen molar-refractivity contribution in [1.29, 1.82) is 0 Å². The average molecular weight is 156 g/mol. The lowest BCUT2D eigenvalue weighted by atomic mass is 9.79. The molecule has 0 aromatic heterocycles. The van der Waals surface area contributed by atoms with Gasteiger partial charge in [0.1, 0.15) is 0 Å². The monoisotopic (exact) mass is 156 g/mol. The Bertz CT molecular complexity index is 107. The molecule has 0 radical (unpaired) electrons. The van der Waals surface area contributed by atoms with Crippen molar-refractivity contribution in [2.24, 2.45) is 5.41 Å². The minimum atomic E-state index is 0.462. The number of nitrogens with one attached hydrogen (secondary N) is 2. The highest BCUT2D eigenvalue weighted by atomic mass is 16.5. The highest BCUT2D eigenvalue weighted by Gasteiger charge is 2.33. The lowest BCUT2D eigenvalue weighted by Crippen LogP contribution is -2.50. The second-order valence-corrected chi connectivity index (χ2v) is 3.67. The Morgan fingerprint density at radius 2 is 1.91 bits per heavy atom. The van der Waals surface area contributed by atoms with E-state index in [2.05, 4.69) is 10.6 Å². The molecule has 2 saturated heterocycles. The topological polar surface area (TPSA) is 33.3 Å². The van der Waals surface area contributed by atoms with Crippen LogP contribution in [0.1, 0.15) is 12.8 Å². The van der Waals surface area contributed by atoms with Gasteiger partial charge in [0.15, 0.2) is 0 Å². The van der Waals surface area contributed by atoms with Crippen molar-refractivity contribution < 1.29 is 4.74 Å². The zero-order chi connectivity index (χ0) is 7.57. The molecule has 0 aliphatic carbocycles. The number of rotatable bonds is 0. The summed E-state index contributed by atoms with van der Waals surface area (Å²) < 4.78 is 5.42. The lowest BCUT2D eigenvalue weighted by molar-refractivity contribution is -0.0266. The van der Waals surface area contributed by atoms with Gasteiger partial charge in [0, 0.05) is 12.0 Å². The molecule has 0 saturated carbocycles. The van der Waals surface area contributed by atoms with E-state index < -0.39 is 0 Å². The summed E-state index contributed by atoms with van der Waals surface area (Å²) in [5.74, 6) is 0. The van der Waals surface area contributed by atoms with E-state index in [9.17, 15) is 0 Å². The van der Waals surface area contributed by atoms with Gasteiger partial charge in [-0.15, -0.1) is 0 Å². The van der Waals surface area contributed by atoms with Crippen LogP contribution in [-0.4, -0.2) is 33.0 Å². The van der Waals surface area contributed by atoms with Gasteiger partial charge in [-0.2, -0.15) is 0 Å². The molecule has 3 nitrogen and oxygen atoms in total. The number of hydrogen-bond acceptors (Lipinski definition) is 3. The van der Waals surface area contributed by atoms with Crippen LogP contribution in [0.3, 0.4) is 0 Å². The van der Waals surface area contributed by atoms with Gasteiger partial charge in [0.2, 0.25) is 0 Å². The SMILES string of the molecule is C1CC2(CCN1)CNCOC2. The molecule has 2 heterocycles. The summed E-state index contributed by atoms with van der Waals surface area (Å²) >= 11 is 0. The van der Waals surface area contributed by atoms with E-state index in [0.717, 1.165) is 33.0 Å². The Balaban J connectivity index is 1.94. The lowest BCUT2D eigenvalue weighted by Gasteiger charge is -2.40. The van der Waals surface area contributed by atoms with E-state index in [4.69, 9.17) is 4.74 Å². The van der Waals surface area contributed by atoms with Gasteiger partial charge in [0.25, 0.3) is 0 Å². The molecular weight excluding hydrogens is 140 g/mol. The predicted molar refractivity (Wildman–Crippen MR) is 43.4 cm³/mol. The molecule has 2 fully saturated rings. The van der Waals surface area contributed by atoms with Gasteiger partial charge < -0.3 is 10.1 Å². The molecule has 0 aromatic rings. The zero-order valence-electron chi connectivity index (χ0n) is 6.86. The Morgan fingerprint density at radius 1 is 1.09 bits per heavy atom. The third-order valence-electron chi connectivity index (χ3n) is 2.78. The van der Waals surface area contributed by atoms with Crippen molar-refractivity contribution in [2.75, 3.05) is 33.0 Å². The minimum absolute atomic E-state index is 0.462. The van der Waals surface area contributed by atoms with Crippen molar-refractivity contribution in [2.45, 2.75) is 12.8 Å².